The molecule has 0 fully saturated rings. The van der Waals surface area contributed by atoms with E-state index in [1.165, 1.54) is 0 Å². The van der Waals surface area contributed by atoms with Crippen LogP contribution in [-0.4, -0.2) is 36.2 Å². The van der Waals surface area contributed by atoms with Gasteiger partial charge in [-0.3, -0.25) is 9.69 Å². The van der Waals surface area contributed by atoms with E-state index in [0.29, 0.717) is 18.8 Å². The first-order valence-corrected chi connectivity index (χ1v) is 7.69. The molecular weight excluding hydrogens is 266 g/mol. The highest BCUT2D eigenvalue weighted by Crippen LogP contribution is 2.22. The molecule has 1 unspecified atom stereocenters. The van der Waals surface area contributed by atoms with Gasteiger partial charge in [0.05, 0.1) is 6.61 Å². The van der Waals surface area contributed by atoms with E-state index in [1.54, 1.807) is 6.07 Å². The molecule has 4 heteroatoms. The average molecular weight is 293 g/mol. The summed E-state index contributed by atoms with van der Waals surface area (Å²) in [5.41, 5.74) is 1.11. The highest BCUT2D eigenvalue weighted by atomic mass is 16.5. The van der Waals surface area contributed by atoms with Gasteiger partial charge in [0.25, 0.3) is 0 Å². The number of carbonyl (C=O) groups excluding carboxylic acids is 1. The number of benzene rings is 1. The Morgan fingerprint density at radius 2 is 2.10 bits per heavy atom. The molecule has 0 saturated carbocycles. The molecule has 1 rings (SSSR count). The molecule has 118 valence electrons. The fraction of sp³-hybridized carbons (Fsp3) is 0.588. The van der Waals surface area contributed by atoms with Gasteiger partial charge in [0, 0.05) is 12.5 Å². The minimum Gasteiger partial charge on any atom is -0.508 e. The second kappa shape index (κ2) is 9.40. The van der Waals surface area contributed by atoms with Crippen LogP contribution >= 0.6 is 0 Å². The van der Waals surface area contributed by atoms with E-state index < -0.39 is 0 Å². The van der Waals surface area contributed by atoms with Gasteiger partial charge in [-0.1, -0.05) is 18.6 Å². The van der Waals surface area contributed by atoms with Crippen LogP contribution in [0.4, 0.5) is 0 Å². The minimum absolute atomic E-state index is 0.0982. The van der Waals surface area contributed by atoms with Crippen LogP contribution in [0.15, 0.2) is 24.3 Å². The van der Waals surface area contributed by atoms with Gasteiger partial charge in [-0.2, -0.15) is 0 Å². The second-order valence-corrected chi connectivity index (χ2v) is 5.37. The van der Waals surface area contributed by atoms with E-state index in [1.807, 2.05) is 25.1 Å². The Labute approximate surface area is 127 Å². The summed E-state index contributed by atoms with van der Waals surface area (Å²) in [6.07, 6.45) is 3.47. The number of nitrogens with zero attached hydrogens (tertiary/aromatic N) is 1. The zero-order valence-corrected chi connectivity index (χ0v) is 13.3. The monoisotopic (exact) mass is 293 g/mol. The van der Waals surface area contributed by atoms with Gasteiger partial charge in [-0.05, 0) is 58.0 Å². The first-order valence-electron chi connectivity index (χ1n) is 7.69. The van der Waals surface area contributed by atoms with E-state index in [0.717, 1.165) is 31.4 Å². The maximum absolute atomic E-state index is 11.2. The summed E-state index contributed by atoms with van der Waals surface area (Å²) in [5.74, 6) is 0.209. The Morgan fingerprint density at radius 3 is 2.76 bits per heavy atom. The maximum atomic E-state index is 11.2. The maximum Gasteiger partial charge on any atom is 0.305 e. The van der Waals surface area contributed by atoms with Crippen molar-refractivity contribution >= 4 is 5.97 Å². The summed E-state index contributed by atoms with van der Waals surface area (Å²) in [6.45, 7) is 5.39. The molecule has 1 N–H and O–H groups in total. The SMILES string of the molecule is CCOC(=O)CCCCCN(C)C(C)c1cccc(O)c1. The van der Waals surface area contributed by atoms with E-state index in [2.05, 4.69) is 18.9 Å². The van der Waals surface area contributed by atoms with Gasteiger partial charge in [0.15, 0.2) is 0 Å². The van der Waals surface area contributed by atoms with Gasteiger partial charge in [0.1, 0.15) is 5.75 Å². The van der Waals surface area contributed by atoms with E-state index >= 15 is 0 Å². The Kier molecular flexibility index (Phi) is 7.83. The number of carbonyl (C=O) groups is 1. The van der Waals surface area contributed by atoms with Crippen molar-refractivity contribution in [3.8, 4) is 5.75 Å². The number of phenolic OH excluding ortho intramolecular Hbond substituents is 1. The largest absolute Gasteiger partial charge is 0.508 e. The lowest BCUT2D eigenvalue weighted by molar-refractivity contribution is -0.143. The number of phenols is 1. The first kappa shape index (κ1) is 17.5. The van der Waals surface area contributed by atoms with Crippen LogP contribution < -0.4 is 0 Å². The fourth-order valence-electron chi connectivity index (χ4n) is 2.27. The lowest BCUT2D eigenvalue weighted by atomic mass is 10.1. The van der Waals surface area contributed by atoms with Gasteiger partial charge in [0.2, 0.25) is 0 Å². The van der Waals surface area contributed by atoms with E-state index in [4.69, 9.17) is 4.74 Å². The standard InChI is InChI=1S/C17H27NO3/c1-4-21-17(20)11-6-5-7-12-18(3)14(2)15-9-8-10-16(19)13-15/h8-10,13-14,19H,4-7,11-12H2,1-3H3. The molecule has 0 aliphatic carbocycles. The number of aromatic hydroxyl groups is 1. The highest BCUT2D eigenvalue weighted by Gasteiger charge is 2.11. The zero-order valence-electron chi connectivity index (χ0n) is 13.3. The molecule has 0 heterocycles. The van der Waals surface area contributed by atoms with Crippen LogP contribution in [0.2, 0.25) is 0 Å². The van der Waals surface area contributed by atoms with Gasteiger partial charge >= 0.3 is 5.97 Å². The second-order valence-electron chi connectivity index (χ2n) is 5.37. The van der Waals surface area contributed by atoms with Crippen LogP contribution in [0.25, 0.3) is 0 Å². The number of unbranched alkanes of at least 4 members (excludes halogenated alkanes) is 2. The van der Waals surface area contributed by atoms with Crippen molar-refractivity contribution in [2.75, 3.05) is 20.2 Å². The third-order valence-corrected chi connectivity index (χ3v) is 3.71. The van der Waals surface area contributed by atoms with Crippen LogP contribution in [0.1, 0.15) is 51.1 Å². The van der Waals surface area contributed by atoms with Crippen molar-refractivity contribution in [2.24, 2.45) is 0 Å². The molecule has 1 aromatic rings. The smallest absolute Gasteiger partial charge is 0.305 e. The van der Waals surface area contributed by atoms with Gasteiger partial charge in [-0.25, -0.2) is 0 Å². The molecule has 0 aliphatic heterocycles. The summed E-state index contributed by atoms with van der Waals surface area (Å²) in [7, 11) is 2.08. The van der Waals surface area contributed by atoms with Crippen LogP contribution in [0, 0.1) is 0 Å². The summed E-state index contributed by atoms with van der Waals surface area (Å²) >= 11 is 0. The van der Waals surface area contributed by atoms with Crippen molar-refractivity contribution in [1.29, 1.82) is 0 Å². The van der Waals surface area contributed by atoms with E-state index in [9.17, 15) is 9.90 Å². The molecule has 4 nitrogen and oxygen atoms in total. The molecule has 0 aromatic heterocycles. The number of hydrogen-bond acceptors (Lipinski definition) is 4. The fourth-order valence-corrected chi connectivity index (χ4v) is 2.27. The number of ether oxygens (including phenoxy) is 1. The Bertz CT molecular complexity index is 434. The van der Waals surface area contributed by atoms with Crippen LogP contribution in [-0.2, 0) is 9.53 Å². The summed E-state index contributed by atoms with van der Waals surface area (Å²) in [4.78, 5) is 13.5. The lowest BCUT2D eigenvalue weighted by Crippen LogP contribution is -2.23. The zero-order chi connectivity index (χ0) is 15.7. The lowest BCUT2D eigenvalue weighted by Gasteiger charge is -2.25. The van der Waals surface area contributed by atoms with Crippen molar-refractivity contribution < 1.29 is 14.6 Å². The first-order chi connectivity index (χ1) is 10.0. The number of hydrogen-bond donors (Lipinski definition) is 1. The third kappa shape index (κ3) is 6.63. The number of rotatable bonds is 9. The van der Waals surface area contributed by atoms with Crippen molar-refractivity contribution in [2.45, 2.75) is 45.6 Å². The molecule has 0 amide bonds. The van der Waals surface area contributed by atoms with E-state index in [-0.39, 0.29) is 12.0 Å². The molecule has 0 saturated heterocycles. The molecule has 0 aliphatic rings. The molecule has 21 heavy (non-hydrogen) atoms. The Hall–Kier alpha value is -1.55. The number of esters is 1. The third-order valence-electron chi connectivity index (χ3n) is 3.71. The predicted molar refractivity (Wildman–Crippen MR) is 84.3 cm³/mol. The molecule has 0 radical (unpaired) electrons. The summed E-state index contributed by atoms with van der Waals surface area (Å²) < 4.78 is 4.90. The Balaban J connectivity index is 2.24. The van der Waals surface area contributed by atoms with Gasteiger partial charge in [-0.15, -0.1) is 0 Å². The summed E-state index contributed by atoms with van der Waals surface area (Å²) in [6, 6.07) is 7.66. The average Bonchev–Trinajstić information content (AvgIpc) is 2.46. The quantitative estimate of drug-likeness (QED) is 0.559. The summed E-state index contributed by atoms with van der Waals surface area (Å²) in [5, 5.41) is 9.52. The van der Waals surface area contributed by atoms with Crippen LogP contribution in [0.3, 0.4) is 0 Å². The predicted octanol–water partition coefficient (Wildman–Crippen LogP) is 3.51. The van der Waals surface area contributed by atoms with Crippen molar-refractivity contribution in [3.05, 3.63) is 29.8 Å². The minimum atomic E-state index is -0.0982. The normalized spacial score (nSPS) is 12.4. The molecule has 1 atom stereocenters. The molecule has 1 aromatic carbocycles. The molecular formula is C17H27NO3. The van der Waals surface area contributed by atoms with Crippen molar-refractivity contribution in [1.82, 2.24) is 4.90 Å². The Morgan fingerprint density at radius 1 is 1.33 bits per heavy atom. The topological polar surface area (TPSA) is 49.8 Å². The van der Waals surface area contributed by atoms with Gasteiger partial charge < -0.3 is 9.84 Å². The van der Waals surface area contributed by atoms with Crippen molar-refractivity contribution in [3.63, 3.8) is 0 Å². The van der Waals surface area contributed by atoms with Crippen LogP contribution in [0.5, 0.6) is 5.75 Å². The molecule has 0 spiro atoms. The molecule has 0 bridgehead atoms. The highest BCUT2D eigenvalue weighted by molar-refractivity contribution is 5.69.